The van der Waals surface area contributed by atoms with Crippen LogP contribution >= 0.6 is 0 Å². The lowest BCUT2D eigenvalue weighted by molar-refractivity contribution is -0.125. The number of carbonyl (C=O) groups is 1. The van der Waals surface area contributed by atoms with Crippen LogP contribution in [0.3, 0.4) is 0 Å². The summed E-state index contributed by atoms with van der Waals surface area (Å²) in [5.41, 5.74) is 0. The fourth-order valence-electron chi connectivity index (χ4n) is 2.76. The molecular formula is C15H25N3O3S. The molecule has 1 atom stereocenters. The van der Waals surface area contributed by atoms with E-state index in [9.17, 15) is 13.2 Å². The van der Waals surface area contributed by atoms with Gasteiger partial charge in [0.15, 0.2) is 0 Å². The van der Waals surface area contributed by atoms with Crippen LogP contribution in [-0.2, 0) is 21.4 Å². The molecule has 2 heterocycles. The molecular weight excluding hydrogens is 302 g/mol. The van der Waals surface area contributed by atoms with Crippen LogP contribution in [0.1, 0.15) is 32.6 Å². The molecule has 124 valence electrons. The highest BCUT2D eigenvalue weighted by atomic mass is 32.2. The molecule has 0 radical (unpaired) electrons. The van der Waals surface area contributed by atoms with Gasteiger partial charge in [-0.3, -0.25) is 4.79 Å². The van der Waals surface area contributed by atoms with E-state index < -0.39 is 16.1 Å². The van der Waals surface area contributed by atoms with Crippen LogP contribution in [0.15, 0.2) is 24.5 Å². The number of nitrogens with one attached hydrogen (secondary N) is 1. The Kier molecular flexibility index (Phi) is 6.02. The van der Waals surface area contributed by atoms with E-state index in [1.54, 1.807) is 0 Å². The molecule has 2 rings (SSSR count). The first-order chi connectivity index (χ1) is 10.5. The van der Waals surface area contributed by atoms with Gasteiger partial charge in [0.25, 0.3) is 0 Å². The molecule has 1 saturated heterocycles. The highest BCUT2D eigenvalue weighted by molar-refractivity contribution is 7.89. The summed E-state index contributed by atoms with van der Waals surface area (Å²) in [7, 11) is -3.26. The van der Waals surface area contributed by atoms with E-state index in [1.165, 1.54) is 4.31 Å². The van der Waals surface area contributed by atoms with E-state index in [2.05, 4.69) is 5.32 Å². The van der Waals surface area contributed by atoms with Crippen LogP contribution in [0.4, 0.5) is 0 Å². The number of nitrogens with zero attached hydrogens (tertiary/aromatic N) is 2. The second-order valence-electron chi connectivity index (χ2n) is 5.65. The molecule has 1 aromatic heterocycles. The van der Waals surface area contributed by atoms with Crippen molar-refractivity contribution in [3.05, 3.63) is 24.5 Å². The summed E-state index contributed by atoms with van der Waals surface area (Å²) < 4.78 is 27.5. The molecule has 1 N–H and O–H groups in total. The van der Waals surface area contributed by atoms with Gasteiger partial charge in [0.05, 0.1) is 5.75 Å². The van der Waals surface area contributed by atoms with E-state index in [-0.39, 0.29) is 11.7 Å². The summed E-state index contributed by atoms with van der Waals surface area (Å²) >= 11 is 0. The average molecular weight is 327 g/mol. The predicted octanol–water partition coefficient (Wildman–Crippen LogP) is 1.20. The van der Waals surface area contributed by atoms with Crippen molar-refractivity contribution in [2.24, 2.45) is 0 Å². The zero-order valence-corrected chi connectivity index (χ0v) is 13.9. The minimum absolute atomic E-state index is 0.159. The lowest BCUT2D eigenvalue weighted by atomic mass is 10.1. The summed E-state index contributed by atoms with van der Waals surface area (Å²) in [4.78, 5) is 12.4. The quantitative estimate of drug-likeness (QED) is 0.780. The van der Waals surface area contributed by atoms with Gasteiger partial charge in [-0.15, -0.1) is 0 Å². The minimum Gasteiger partial charge on any atom is -0.353 e. The van der Waals surface area contributed by atoms with E-state index in [0.717, 1.165) is 12.8 Å². The second-order valence-corrected chi connectivity index (χ2v) is 7.69. The van der Waals surface area contributed by atoms with Crippen LogP contribution in [0.5, 0.6) is 0 Å². The molecule has 1 aliphatic heterocycles. The number of amides is 1. The Bertz CT molecular complexity index is 569. The Morgan fingerprint density at radius 1 is 1.32 bits per heavy atom. The Balaban J connectivity index is 1.93. The van der Waals surface area contributed by atoms with Crippen molar-refractivity contribution in [2.75, 3.05) is 18.8 Å². The van der Waals surface area contributed by atoms with Gasteiger partial charge in [0, 0.05) is 32.0 Å². The van der Waals surface area contributed by atoms with Gasteiger partial charge < -0.3 is 9.88 Å². The molecule has 0 spiro atoms. The fourth-order valence-corrected chi connectivity index (χ4v) is 4.48. The topological polar surface area (TPSA) is 71.4 Å². The summed E-state index contributed by atoms with van der Waals surface area (Å²) in [6, 6.07) is 3.31. The zero-order chi connectivity index (χ0) is 16.0. The van der Waals surface area contributed by atoms with Crippen molar-refractivity contribution in [3.8, 4) is 0 Å². The number of carbonyl (C=O) groups excluding carboxylic acids is 1. The first kappa shape index (κ1) is 17.0. The van der Waals surface area contributed by atoms with Gasteiger partial charge in [-0.1, -0.05) is 19.8 Å². The highest BCUT2D eigenvalue weighted by Crippen LogP contribution is 2.20. The van der Waals surface area contributed by atoms with E-state index in [0.29, 0.717) is 32.5 Å². The van der Waals surface area contributed by atoms with Crippen LogP contribution in [0.2, 0.25) is 0 Å². The van der Waals surface area contributed by atoms with E-state index in [1.807, 2.05) is 36.0 Å². The Hall–Kier alpha value is -1.34. The van der Waals surface area contributed by atoms with Crippen LogP contribution in [0.25, 0.3) is 0 Å². The Morgan fingerprint density at radius 2 is 2.05 bits per heavy atom. The predicted molar refractivity (Wildman–Crippen MR) is 85.9 cm³/mol. The molecule has 6 nitrogen and oxygen atoms in total. The van der Waals surface area contributed by atoms with Gasteiger partial charge in [-0.2, -0.15) is 4.31 Å². The SMILES string of the molecule is CCCC[C@@H](C(=O)NCCn1cccc1)N1CCCS1(=O)=O. The molecule has 0 aliphatic carbocycles. The largest absolute Gasteiger partial charge is 0.353 e. The van der Waals surface area contributed by atoms with Crippen molar-refractivity contribution < 1.29 is 13.2 Å². The number of unbranched alkanes of at least 4 members (excludes halogenated alkanes) is 1. The third-order valence-corrected chi connectivity index (χ3v) is 5.91. The standard InChI is InChI=1S/C15H25N3O3S/c1-2-3-7-14(18-11-6-13-22(18,20)21)15(19)16-8-12-17-9-4-5-10-17/h4-5,9-10,14H,2-3,6-8,11-13H2,1H3,(H,16,19)/t14-/m0/s1. The zero-order valence-electron chi connectivity index (χ0n) is 13.1. The maximum atomic E-state index is 12.4. The number of sulfonamides is 1. The fraction of sp³-hybridized carbons (Fsp3) is 0.667. The first-order valence-corrected chi connectivity index (χ1v) is 9.53. The Morgan fingerprint density at radius 3 is 2.64 bits per heavy atom. The number of aromatic nitrogens is 1. The molecule has 0 saturated carbocycles. The molecule has 1 aromatic rings. The maximum absolute atomic E-state index is 12.4. The number of rotatable bonds is 8. The van der Waals surface area contributed by atoms with Gasteiger partial charge in [-0.05, 0) is 25.0 Å². The first-order valence-electron chi connectivity index (χ1n) is 7.92. The number of hydrogen-bond donors (Lipinski definition) is 1. The van der Waals surface area contributed by atoms with Gasteiger partial charge in [0.2, 0.25) is 15.9 Å². The molecule has 1 fully saturated rings. The molecule has 1 aliphatic rings. The second kappa shape index (κ2) is 7.78. The molecule has 1 amide bonds. The van der Waals surface area contributed by atoms with Crippen LogP contribution < -0.4 is 5.32 Å². The van der Waals surface area contributed by atoms with Gasteiger partial charge >= 0.3 is 0 Å². The normalized spacial score (nSPS) is 19.1. The van der Waals surface area contributed by atoms with Crippen molar-refractivity contribution in [3.63, 3.8) is 0 Å². The minimum atomic E-state index is -3.26. The van der Waals surface area contributed by atoms with Crippen LogP contribution in [0, 0.1) is 0 Å². The molecule has 22 heavy (non-hydrogen) atoms. The van der Waals surface area contributed by atoms with Crippen molar-refractivity contribution in [1.29, 1.82) is 0 Å². The van der Waals surface area contributed by atoms with E-state index in [4.69, 9.17) is 0 Å². The summed E-state index contributed by atoms with van der Waals surface area (Å²) in [5, 5.41) is 2.88. The maximum Gasteiger partial charge on any atom is 0.238 e. The Labute approximate surface area is 132 Å². The summed E-state index contributed by atoms with van der Waals surface area (Å²) in [6.07, 6.45) is 6.87. The lowest BCUT2D eigenvalue weighted by Crippen LogP contribution is -2.48. The van der Waals surface area contributed by atoms with Crippen molar-refractivity contribution >= 4 is 15.9 Å². The van der Waals surface area contributed by atoms with E-state index >= 15 is 0 Å². The third kappa shape index (κ3) is 4.33. The average Bonchev–Trinajstić information content (AvgIpc) is 3.09. The molecule has 0 aromatic carbocycles. The highest BCUT2D eigenvalue weighted by Gasteiger charge is 2.37. The number of hydrogen-bond acceptors (Lipinski definition) is 3. The van der Waals surface area contributed by atoms with Gasteiger partial charge in [-0.25, -0.2) is 8.42 Å². The lowest BCUT2D eigenvalue weighted by Gasteiger charge is -2.25. The third-order valence-electron chi connectivity index (χ3n) is 3.95. The molecule has 0 bridgehead atoms. The summed E-state index contributed by atoms with van der Waals surface area (Å²) in [6.45, 7) is 3.69. The summed E-state index contributed by atoms with van der Waals surface area (Å²) in [5.74, 6) is -0.0159. The molecule has 0 unspecified atom stereocenters. The monoisotopic (exact) mass is 327 g/mol. The van der Waals surface area contributed by atoms with Crippen molar-refractivity contribution in [1.82, 2.24) is 14.2 Å². The molecule has 7 heteroatoms. The van der Waals surface area contributed by atoms with Crippen LogP contribution in [-0.4, -0.2) is 48.1 Å². The van der Waals surface area contributed by atoms with Gasteiger partial charge in [0.1, 0.15) is 6.04 Å². The van der Waals surface area contributed by atoms with Crippen molar-refractivity contribution in [2.45, 2.75) is 45.2 Å². The smallest absolute Gasteiger partial charge is 0.238 e.